The maximum absolute atomic E-state index is 12.2. The van der Waals surface area contributed by atoms with Gasteiger partial charge in [-0.15, -0.1) is 0 Å². The molecule has 0 atom stereocenters. The van der Waals surface area contributed by atoms with Gasteiger partial charge in [-0.05, 0) is 12.1 Å². The Bertz CT molecular complexity index is 350. The van der Waals surface area contributed by atoms with Gasteiger partial charge in [-0.1, -0.05) is 0 Å². The smallest absolute Gasteiger partial charge is 0.283 e. The molecule has 88 valence electrons. The van der Waals surface area contributed by atoms with E-state index >= 15 is 0 Å². The summed E-state index contributed by atoms with van der Waals surface area (Å²) >= 11 is 0. The summed E-state index contributed by atoms with van der Waals surface area (Å²) in [5.41, 5.74) is 2.25. The van der Waals surface area contributed by atoms with Crippen molar-refractivity contribution >= 4 is 6.41 Å². The molecule has 1 N–H and O–H groups in total. The number of nitrogens with zero attached hydrogens (tertiary/aromatic N) is 2. The highest BCUT2D eigenvalue weighted by molar-refractivity contribution is 5.45. The summed E-state index contributed by atoms with van der Waals surface area (Å²) in [6, 6.07) is 2.21. The van der Waals surface area contributed by atoms with Gasteiger partial charge in [-0.25, -0.2) is 5.43 Å². The predicted molar refractivity (Wildman–Crippen MR) is 49.9 cm³/mol. The fourth-order valence-corrected chi connectivity index (χ4v) is 0.940. The minimum Gasteiger partial charge on any atom is -0.283 e. The molecule has 0 aliphatic carbocycles. The molecule has 7 heteroatoms. The third-order valence-electron chi connectivity index (χ3n) is 1.82. The van der Waals surface area contributed by atoms with Crippen LogP contribution in [0.3, 0.4) is 0 Å². The van der Waals surface area contributed by atoms with Gasteiger partial charge in [0.15, 0.2) is 0 Å². The molecule has 0 bridgehead atoms. The summed E-state index contributed by atoms with van der Waals surface area (Å²) in [6.45, 7) is 0.188. The third-order valence-corrected chi connectivity index (χ3v) is 1.82. The van der Waals surface area contributed by atoms with Crippen molar-refractivity contribution in [2.45, 2.75) is 12.7 Å². The van der Waals surface area contributed by atoms with E-state index in [1.165, 1.54) is 13.1 Å². The lowest BCUT2D eigenvalue weighted by molar-refractivity contribution is -0.137. The summed E-state index contributed by atoms with van der Waals surface area (Å²) in [4.78, 5) is 13.8. The number of alkyl halides is 3. The van der Waals surface area contributed by atoms with Gasteiger partial charge >= 0.3 is 6.18 Å². The van der Waals surface area contributed by atoms with Gasteiger partial charge in [0, 0.05) is 13.2 Å². The predicted octanol–water partition coefficient (Wildman–Crippen LogP) is 1.19. The molecule has 0 fully saturated rings. The maximum Gasteiger partial charge on any atom is 0.417 e. The Kier molecular flexibility index (Phi) is 3.83. The zero-order valence-electron chi connectivity index (χ0n) is 8.45. The Labute approximate surface area is 90.0 Å². The average molecular weight is 233 g/mol. The van der Waals surface area contributed by atoms with E-state index < -0.39 is 11.7 Å². The second kappa shape index (κ2) is 4.93. The number of aromatic nitrogens is 1. The zero-order chi connectivity index (χ0) is 12.2. The topological polar surface area (TPSA) is 45.2 Å². The molecule has 1 aromatic rings. The Morgan fingerprint density at radius 3 is 2.62 bits per heavy atom. The number of hydrogen-bond acceptors (Lipinski definition) is 3. The SMILES string of the molecule is CN(C=O)NCc1ccc(C(F)(F)F)cn1. The monoisotopic (exact) mass is 233 g/mol. The standard InChI is InChI=1S/C9H10F3N3O/c1-15(6-16)14-5-8-3-2-7(4-13-8)9(10,11)12/h2-4,6,14H,5H2,1H3. The normalized spacial score (nSPS) is 11.2. The number of carbonyl (C=O) groups is 1. The van der Waals surface area contributed by atoms with Crippen LogP contribution in [-0.2, 0) is 17.5 Å². The molecule has 1 amide bonds. The first-order valence-corrected chi connectivity index (χ1v) is 4.37. The van der Waals surface area contributed by atoms with Gasteiger partial charge in [0.05, 0.1) is 17.8 Å². The fourth-order valence-electron chi connectivity index (χ4n) is 0.940. The van der Waals surface area contributed by atoms with E-state index in [1.807, 2.05) is 0 Å². The average Bonchev–Trinajstić information content (AvgIpc) is 2.25. The molecular formula is C9H10F3N3O. The third kappa shape index (κ3) is 3.50. The molecule has 4 nitrogen and oxygen atoms in total. The number of rotatable bonds is 4. The largest absolute Gasteiger partial charge is 0.417 e. The first kappa shape index (κ1) is 12.4. The van der Waals surface area contributed by atoms with Crippen molar-refractivity contribution in [3.63, 3.8) is 0 Å². The van der Waals surface area contributed by atoms with Gasteiger partial charge in [0.25, 0.3) is 0 Å². The number of pyridine rings is 1. The highest BCUT2D eigenvalue weighted by Gasteiger charge is 2.30. The zero-order valence-corrected chi connectivity index (χ0v) is 8.45. The van der Waals surface area contributed by atoms with Crippen molar-refractivity contribution in [3.05, 3.63) is 29.6 Å². The number of amides is 1. The van der Waals surface area contributed by atoms with Crippen LogP contribution in [0.5, 0.6) is 0 Å². The molecule has 0 unspecified atom stereocenters. The van der Waals surface area contributed by atoms with Gasteiger partial charge in [0.2, 0.25) is 6.41 Å². The lowest BCUT2D eigenvalue weighted by Crippen LogP contribution is -2.32. The van der Waals surface area contributed by atoms with Crippen LogP contribution in [0.1, 0.15) is 11.3 Å². The Morgan fingerprint density at radius 2 is 2.19 bits per heavy atom. The number of halogens is 3. The van der Waals surface area contributed by atoms with Crippen LogP contribution in [0.4, 0.5) is 13.2 Å². The molecule has 0 aromatic carbocycles. The molecule has 0 radical (unpaired) electrons. The highest BCUT2D eigenvalue weighted by Crippen LogP contribution is 2.28. The summed E-state index contributed by atoms with van der Waals surface area (Å²) < 4.78 is 36.5. The molecule has 0 saturated heterocycles. The number of hydrazine groups is 1. The second-order valence-corrected chi connectivity index (χ2v) is 3.09. The lowest BCUT2D eigenvalue weighted by Gasteiger charge is -2.12. The fraction of sp³-hybridized carbons (Fsp3) is 0.333. The van der Waals surface area contributed by atoms with Crippen molar-refractivity contribution in [1.29, 1.82) is 0 Å². The Balaban J connectivity index is 2.62. The van der Waals surface area contributed by atoms with Crippen molar-refractivity contribution in [3.8, 4) is 0 Å². The van der Waals surface area contributed by atoms with Crippen molar-refractivity contribution < 1.29 is 18.0 Å². The van der Waals surface area contributed by atoms with E-state index in [0.29, 0.717) is 12.1 Å². The minimum absolute atomic E-state index is 0.188. The summed E-state index contributed by atoms with van der Waals surface area (Å²) in [6.07, 6.45) is -3.07. The first-order chi connectivity index (χ1) is 7.43. The molecule has 1 heterocycles. The van der Waals surface area contributed by atoms with Crippen molar-refractivity contribution in [2.75, 3.05) is 7.05 Å². The van der Waals surface area contributed by atoms with Gasteiger partial charge in [-0.3, -0.25) is 14.8 Å². The lowest BCUT2D eigenvalue weighted by atomic mass is 10.2. The number of carbonyl (C=O) groups excluding carboxylic acids is 1. The molecule has 1 rings (SSSR count). The quantitative estimate of drug-likeness (QED) is 0.627. The molecular weight excluding hydrogens is 223 g/mol. The summed E-state index contributed by atoms with van der Waals surface area (Å²) in [7, 11) is 1.48. The van der Waals surface area contributed by atoms with Gasteiger partial charge < -0.3 is 0 Å². The molecule has 0 saturated carbocycles. The molecule has 16 heavy (non-hydrogen) atoms. The van der Waals surface area contributed by atoms with Crippen LogP contribution in [0.2, 0.25) is 0 Å². The van der Waals surface area contributed by atoms with E-state index in [0.717, 1.165) is 17.3 Å². The number of nitrogens with one attached hydrogen (secondary N) is 1. The van der Waals surface area contributed by atoms with Gasteiger partial charge in [-0.2, -0.15) is 13.2 Å². The van der Waals surface area contributed by atoms with Crippen LogP contribution in [0, 0.1) is 0 Å². The summed E-state index contributed by atoms with van der Waals surface area (Å²) in [5.74, 6) is 0. The maximum atomic E-state index is 12.2. The van der Waals surface area contributed by atoms with Crippen molar-refractivity contribution in [2.24, 2.45) is 0 Å². The van der Waals surface area contributed by atoms with Crippen LogP contribution in [0.25, 0.3) is 0 Å². The van der Waals surface area contributed by atoms with Crippen LogP contribution in [-0.4, -0.2) is 23.5 Å². The van der Waals surface area contributed by atoms with Gasteiger partial charge in [0.1, 0.15) is 0 Å². The molecule has 0 aliphatic heterocycles. The van der Waals surface area contributed by atoms with Crippen LogP contribution >= 0.6 is 0 Å². The van der Waals surface area contributed by atoms with E-state index in [2.05, 4.69) is 10.4 Å². The summed E-state index contributed by atoms with van der Waals surface area (Å²) in [5, 5.41) is 1.15. The Hall–Kier alpha value is -1.63. The minimum atomic E-state index is -4.38. The van der Waals surface area contributed by atoms with E-state index in [-0.39, 0.29) is 6.54 Å². The molecule has 1 aromatic heterocycles. The van der Waals surface area contributed by atoms with Crippen LogP contribution < -0.4 is 5.43 Å². The highest BCUT2D eigenvalue weighted by atomic mass is 19.4. The van der Waals surface area contributed by atoms with E-state index in [4.69, 9.17) is 0 Å². The van der Waals surface area contributed by atoms with Crippen LogP contribution in [0.15, 0.2) is 18.3 Å². The number of hydrogen-bond donors (Lipinski definition) is 1. The van der Waals surface area contributed by atoms with E-state index in [9.17, 15) is 18.0 Å². The Morgan fingerprint density at radius 1 is 1.50 bits per heavy atom. The second-order valence-electron chi connectivity index (χ2n) is 3.09. The molecule has 0 spiro atoms. The van der Waals surface area contributed by atoms with E-state index in [1.54, 1.807) is 0 Å². The van der Waals surface area contributed by atoms with Crippen molar-refractivity contribution in [1.82, 2.24) is 15.4 Å². The molecule has 0 aliphatic rings. The first-order valence-electron chi connectivity index (χ1n) is 4.37.